The quantitative estimate of drug-likeness (QED) is 0.596. The van der Waals surface area contributed by atoms with Gasteiger partial charge in [0.05, 0.1) is 5.69 Å². The smallest absolute Gasteiger partial charge is 0.180 e. The lowest BCUT2D eigenvalue weighted by Crippen LogP contribution is -2.47. The van der Waals surface area contributed by atoms with Crippen molar-refractivity contribution in [2.75, 3.05) is 0 Å². The van der Waals surface area contributed by atoms with Crippen molar-refractivity contribution in [3.05, 3.63) is 65.1 Å². The molecule has 0 aliphatic carbocycles. The number of fused-ring (bicyclic) bond motifs is 3. The monoisotopic (exact) mass is 334 g/mol. The Bertz CT molecular complexity index is 951. The molecular weight excluding hydrogens is 308 g/mol. The van der Waals surface area contributed by atoms with Crippen LogP contribution in [0.1, 0.15) is 56.3 Å². The number of hydrogen-bond donors (Lipinski definition) is 0. The SMILES string of the molecule is Cc1nc2c3c(ccn2c1C)C(C)(C)C(C)(C)[C@@H](c1ccccc1)O3. The number of benzene rings is 1. The van der Waals surface area contributed by atoms with E-state index in [-0.39, 0.29) is 16.9 Å². The van der Waals surface area contributed by atoms with Crippen LogP contribution in [-0.2, 0) is 5.41 Å². The summed E-state index contributed by atoms with van der Waals surface area (Å²) in [5.41, 5.74) is 5.50. The first kappa shape index (κ1) is 16.2. The largest absolute Gasteiger partial charge is 0.481 e. The molecule has 1 aromatic carbocycles. The minimum atomic E-state index is -0.0591. The second-order valence-electron chi connectivity index (χ2n) is 8.29. The average Bonchev–Trinajstić information content (AvgIpc) is 2.87. The molecule has 0 fully saturated rings. The third-order valence-corrected chi connectivity index (χ3v) is 6.50. The molecule has 3 heterocycles. The van der Waals surface area contributed by atoms with Crippen LogP contribution in [0.4, 0.5) is 0 Å². The summed E-state index contributed by atoms with van der Waals surface area (Å²) in [4.78, 5) is 4.81. The zero-order valence-electron chi connectivity index (χ0n) is 15.9. The molecule has 2 aromatic heterocycles. The van der Waals surface area contributed by atoms with E-state index in [1.165, 1.54) is 16.8 Å². The van der Waals surface area contributed by atoms with Crippen LogP contribution < -0.4 is 4.74 Å². The van der Waals surface area contributed by atoms with Crippen molar-refractivity contribution < 1.29 is 4.74 Å². The normalized spacial score (nSPS) is 21.0. The van der Waals surface area contributed by atoms with Crippen LogP contribution in [0.5, 0.6) is 5.75 Å². The molecule has 3 heteroatoms. The van der Waals surface area contributed by atoms with Crippen LogP contribution >= 0.6 is 0 Å². The number of imidazole rings is 1. The highest BCUT2D eigenvalue weighted by atomic mass is 16.5. The molecule has 0 N–H and O–H groups in total. The second-order valence-corrected chi connectivity index (χ2v) is 8.29. The van der Waals surface area contributed by atoms with Gasteiger partial charge in [0, 0.05) is 28.3 Å². The summed E-state index contributed by atoms with van der Waals surface area (Å²) in [6.07, 6.45) is 2.12. The summed E-state index contributed by atoms with van der Waals surface area (Å²) in [6, 6.07) is 12.8. The topological polar surface area (TPSA) is 26.5 Å². The average molecular weight is 334 g/mol. The van der Waals surface area contributed by atoms with Crippen molar-refractivity contribution in [3.63, 3.8) is 0 Å². The van der Waals surface area contributed by atoms with E-state index >= 15 is 0 Å². The predicted octanol–water partition coefficient (Wildman–Crippen LogP) is 5.39. The number of aryl methyl sites for hydroxylation is 2. The molecule has 4 rings (SSSR count). The fraction of sp³-hybridized carbons (Fsp3) is 0.409. The Balaban J connectivity index is 2.00. The molecule has 0 bridgehead atoms. The fourth-order valence-corrected chi connectivity index (χ4v) is 3.98. The molecule has 0 saturated carbocycles. The van der Waals surface area contributed by atoms with Gasteiger partial charge in [-0.05, 0) is 25.5 Å². The van der Waals surface area contributed by atoms with Crippen LogP contribution in [0.15, 0.2) is 42.6 Å². The Kier molecular flexibility index (Phi) is 3.31. The first-order valence-corrected chi connectivity index (χ1v) is 8.95. The number of hydrogen-bond acceptors (Lipinski definition) is 2. The summed E-state index contributed by atoms with van der Waals surface area (Å²) < 4.78 is 8.81. The maximum absolute atomic E-state index is 6.67. The molecule has 3 aromatic rings. The van der Waals surface area contributed by atoms with E-state index in [2.05, 4.69) is 88.5 Å². The molecule has 1 atom stereocenters. The third kappa shape index (κ3) is 2.08. The number of ether oxygens (including phenoxy) is 1. The minimum Gasteiger partial charge on any atom is -0.481 e. The van der Waals surface area contributed by atoms with E-state index in [0.717, 1.165) is 17.1 Å². The Morgan fingerprint density at radius 3 is 2.36 bits per heavy atom. The molecule has 0 spiro atoms. The highest BCUT2D eigenvalue weighted by Gasteiger charge is 2.51. The maximum Gasteiger partial charge on any atom is 0.180 e. The molecule has 0 saturated heterocycles. The zero-order chi connectivity index (χ0) is 18.0. The van der Waals surface area contributed by atoms with Crippen molar-refractivity contribution in [1.29, 1.82) is 0 Å². The maximum atomic E-state index is 6.67. The third-order valence-electron chi connectivity index (χ3n) is 6.50. The van der Waals surface area contributed by atoms with Crippen LogP contribution in [0.25, 0.3) is 5.65 Å². The van der Waals surface area contributed by atoms with Gasteiger partial charge in [-0.2, -0.15) is 0 Å². The minimum absolute atomic E-state index is 0.0142. The van der Waals surface area contributed by atoms with Gasteiger partial charge in [0.1, 0.15) is 6.10 Å². The van der Waals surface area contributed by atoms with Gasteiger partial charge in [-0.1, -0.05) is 58.0 Å². The zero-order valence-corrected chi connectivity index (χ0v) is 15.9. The van der Waals surface area contributed by atoms with Crippen molar-refractivity contribution in [3.8, 4) is 5.75 Å². The summed E-state index contributed by atoms with van der Waals surface area (Å²) in [6.45, 7) is 13.4. The Labute approximate surface area is 149 Å². The van der Waals surface area contributed by atoms with Crippen molar-refractivity contribution in [1.82, 2.24) is 9.38 Å². The van der Waals surface area contributed by atoms with E-state index in [0.29, 0.717) is 0 Å². The highest BCUT2D eigenvalue weighted by molar-refractivity contribution is 5.63. The molecule has 1 aliphatic heterocycles. The van der Waals surface area contributed by atoms with Crippen molar-refractivity contribution in [2.45, 2.75) is 53.1 Å². The molecule has 1 aliphatic rings. The van der Waals surface area contributed by atoms with Crippen LogP contribution in [0.3, 0.4) is 0 Å². The van der Waals surface area contributed by atoms with E-state index in [1.54, 1.807) is 0 Å². The van der Waals surface area contributed by atoms with E-state index in [4.69, 9.17) is 9.72 Å². The Morgan fingerprint density at radius 1 is 1.00 bits per heavy atom. The first-order valence-electron chi connectivity index (χ1n) is 8.95. The lowest BCUT2D eigenvalue weighted by Gasteiger charge is -2.51. The van der Waals surface area contributed by atoms with Gasteiger partial charge < -0.3 is 9.14 Å². The van der Waals surface area contributed by atoms with Gasteiger partial charge in [-0.25, -0.2) is 4.98 Å². The van der Waals surface area contributed by atoms with Gasteiger partial charge in [-0.15, -0.1) is 0 Å². The van der Waals surface area contributed by atoms with Crippen molar-refractivity contribution in [2.24, 2.45) is 5.41 Å². The molecule has 3 nitrogen and oxygen atoms in total. The molecule has 0 radical (unpaired) electrons. The van der Waals surface area contributed by atoms with Gasteiger partial charge >= 0.3 is 0 Å². The standard InChI is InChI=1S/C22H26N2O/c1-14-15(2)24-13-12-17-18(20(24)23-14)25-19(16-10-8-7-9-11-16)22(5,6)21(17,3)4/h7-13,19H,1-6H3/t19-/m1/s1. The molecule has 0 amide bonds. The summed E-state index contributed by atoms with van der Waals surface area (Å²) in [5.74, 6) is 0.928. The highest BCUT2D eigenvalue weighted by Crippen LogP contribution is 2.57. The molecule has 0 unspecified atom stereocenters. The number of aromatic nitrogens is 2. The van der Waals surface area contributed by atoms with E-state index < -0.39 is 0 Å². The van der Waals surface area contributed by atoms with Crippen LogP contribution in [0, 0.1) is 19.3 Å². The number of rotatable bonds is 1. The Morgan fingerprint density at radius 2 is 1.68 bits per heavy atom. The number of pyridine rings is 1. The predicted molar refractivity (Wildman–Crippen MR) is 101 cm³/mol. The van der Waals surface area contributed by atoms with Gasteiger partial charge in [-0.3, -0.25) is 0 Å². The van der Waals surface area contributed by atoms with Gasteiger partial charge in [0.15, 0.2) is 11.4 Å². The van der Waals surface area contributed by atoms with E-state index in [9.17, 15) is 0 Å². The van der Waals surface area contributed by atoms with Gasteiger partial charge in [0.25, 0.3) is 0 Å². The molecule has 130 valence electrons. The van der Waals surface area contributed by atoms with Crippen molar-refractivity contribution >= 4 is 5.65 Å². The van der Waals surface area contributed by atoms with Gasteiger partial charge in [0.2, 0.25) is 0 Å². The van der Waals surface area contributed by atoms with Crippen LogP contribution in [0.2, 0.25) is 0 Å². The van der Waals surface area contributed by atoms with E-state index in [1.807, 2.05) is 0 Å². The summed E-state index contributed by atoms with van der Waals surface area (Å²) >= 11 is 0. The number of nitrogens with zero attached hydrogens (tertiary/aromatic N) is 2. The second kappa shape index (κ2) is 5.10. The lowest BCUT2D eigenvalue weighted by atomic mass is 9.59. The van der Waals surface area contributed by atoms with Crippen LogP contribution in [-0.4, -0.2) is 9.38 Å². The molecule has 25 heavy (non-hydrogen) atoms. The summed E-state index contributed by atoms with van der Waals surface area (Å²) in [5, 5.41) is 0. The Hall–Kier alpha value is -2.29. The first-order chi connectivity index (χ1) is 11.7. The summed E-state index contributed by atoms with van der Waals surface area (Å²) in [7, 11) is 0. The lowest BCUT2D eigenvalue weighted by molar-refractivity contribution is -0.00741. The molecular formula is C22H26N2O. The fourth-order valence-electron chi connectivity index (χ4n) is 3.98.